The Morgan fingerprint density at radius 3 is 2.80 bits per heavy atom. The van der Waals surface area contributed by atoms with Gasteiger partial charge in [0.2, 0.25) is 0 Å². The third kappa shape index (κ3) is 1.87. The standard InChI is InChI=1S/C13H13NS/c1-10(2)12-6-4-5-8-14(12)13-11(3)7-9-15-13/h7,9-10,12H,1-3H3. The smallest absolute Gasteiger partial charge is 0.107 e. The number of rotatable bonds is 2. The van der Waals surface area contributed by atoms with E-state index in [2.05, 4.69) is 60.9 Å². The Labute approximate surface area is 95.1 Å². The minimum absolute atomic E-state index is 0.226. The van der Waals surface area contributed by atoms with Gasteiger partial charge in [-0.3, -0.25) is 4.90 Å². The van der Waals surface area contributed by atoms with E-state index in [1.54, 1.807) is 11.3 Å². The molecule has 0 bridgehead atoms. The zero-order valence-electron chi connectivity index (χ0n) is 9.16. The summed E-state index contributed by atoms with van der Waals surface area (Å²) in [7, 11) is 0. The molecule has 1 nitrogen and oxygen atoms in total. The molecule has 1 aliphatic rings. The van der Waals surface area contributed by atoms with Crippen LogP contribution in [0.4, 0.5) is 5.00 Å². The second-order valence-corrected chi connectivity index (χ2v) is 4.87. The quantitative estimate of drug-likeness (QED) is 0.686. The van der Waals surface area contributed by atoms with Crippen molar-refractivity contribution in [2.24, 2.45) is 5.92 Å². The summed E-state index contributed by atoms with van der Waals surface area (Å²) in [6.07, 6.45) is 0. The van der Waals surface area contributed by atoms with E-state index in [1.807, 2.05) is 0 Å². The molecule has 0 aromatic carbocycles. The van der Waals surface area contributed by atoms with Crippen molar-refractivity contribution in [1.29, 1.82) is 0 Å². The molecule has 1 aromatic heterocycles. The van der Waals surface area contributed by atoms with Gasteiger partial charge in [-0.1, -0.05) is 19.8 Å². The van der Waals surface area contributed by atoms with Crippen LogP contribution in [0.5, 0.6) is 0 Å². The maximum atomic E-state index is 3.19. The van der Waals surface area contributed by atoms with Gasteiger partial charge in [-0.2, -0.15) is 0 Å². The molecule has 0 saturated carbocycles. The van der Waals surface area contributed by atoms with Gasteiger partial charge in [0.1, 0.15) is 11.0 Å². The average molecular weight is 215 g/mol. The monoisotopic (exact) mass is 215 g/mol. The van der Waals surface area contributed by atoms with E-state index in [9.17, 15) is 0 Å². The molecule has 1 unspecified atom stereocenters. The van der Waals surface area contributed by atoms with Gasteiger partial charge < -0.3 is 0 Å². The first-order valence-electron chi connectivity index (χ1n) is 5.04. The second kappa shape index (κ2) is 4.01. The van der Waals surface area contributed by atoms with E-state index in [1.165, 1.54) is 10.6 Å². The van der Waals surface area contributed by atoms with E-state index in [0.717, 1.165) is 0 Å². The van der Waals surface area contributed by atoms with Crippen molar-refractivity contribution in [3.8, 4) is 23.8 Å². The van der Waals surface area contributed by atoms with Crippen molar-refractivity contribution in [2.45, 2.75) is 26.8 Å². The Balaban J connectivity index is 2.35. The van der Waals surface area contributed by atoms with Crippen molar-refractivity contribution in [2.75, 3.05) is 4.90 Å². The lowest BCUT2D eigenvalue weighted by molar-refractivity contribution is 0.576. The van der Waals surface area contributed by atoms with Gasteiger partial charge >= 0.3 is 0 Å². The zero-order chi connectivity index (χ0) is 10.8. The fourth-order valence-corrected chi connectivity index (χ4v) is 2.51. The summed E-state index contributed by atoms with van der Waals surface area (Å²) in [4.78, 5) is 2.11. The largest absolute Gasteiger partial charge is 0.276 e. The van der Waals surface area contributed by atoms with Crippen molar-refractivity contribution in [3.05, 3.63) is 17.0 Å². The van der Waals surface area contributed by atoms with Gasteiger partial charge in [0.15, 0.2) is 0 Å². The van der Waals surface area contributed by atoms with Crippen LogP contribution in [-0.4, -0.2) is 6.04 Å². The molecule has 0 fully saturated rings. The lowest BCUT2D eigenvalue weighted by Crippen LogP contribution is -2.35. The molecule has 76 valence electrons. The van der Waals surface area contributed by atoms with Crippen LogP contribution in [0.25, 0.3) is 0 Å². The van der Waals surface area contributed by atoms with Gasteiger partial charge in [-0.15, -0.1) is 11.3 Å². The highest BCUT2D eigenvalue weighted by Gasteiger charge is 2.22. The Morgan fingerprint density at radius 1 is 1.40 bits per heavy atom. The zero-order valence-corrected chi connectivity index (χ0v) is 9.98. The molecule has 15 heavy (non-hydrogen) atoms. The molecular weight excluding hydrogens is 202 g/mol. The normalized spacial score (nSPS) is 18.1. The Hall–Kier alpha value is -1.38. The van der Waals surface area contributed by atoms with Crippen LogP contribution in [0.3, 0.4) is 0 Å². The van der Waals surface area contributed by atoms with Crippen LogP contribution in [0, 0.1) is 36.6 Å². The molecule has 2 rings (SSSR count). The summed E-state index contributed by atoms with van der Waals surface area (Å²) in [5.41, 5.74) is 1.28. The van der Waals surface area contributed by atoms with Crippen molar-refractivity contribution < 1.29 is 0 Å². The summed E-state index contributed by atoms with van der Waals surface area (Å²) in [6.45, 7) is 6.48. The molecule has 0 amide bonds. The van der Waals surface area contributed by atoms with E-state index in [-0.39, 0.29) is 6.04 Å². The Kier molecular flexibility index (Phi) is 2.71. The minimum atomic E-state index is 0.226. The van der Waals surface area contributed by atoms with Crippen LogP contribution in [0.15, 0.2) is 11.4 Å². The minimum Gasteiger partial charge on any atom is -0.276 e. The number of thiophene rings is 1. The molecular formula is C13H13NS. The number of hydrogen-bond donors (Lipinski definition) is 0. The molecule has 1 aliphatic heterocycles. The highest BCUT2D eigenvalue weighted by atomic mass is 32.1. The first-order chi connectivity index (χ1) is 7.20. The first-order valence-corrected chi connectivity index (χ1v) is 5.92. The molecule has 2 heterocycles. The van der Waals surface area contributed by atoms with Crippen molar-refractivity contribution in [1.82, 2.24) is 0 Å². The van der Waals surface area contributed by atoms with Gasteiger partial charge in [-0.05, 0) is 35.8 Å². The van der Waals surface area contributed by atoms with Crippen LogP contribution in [0.1, 0.15) is 19.4 Å². The van der Waals surface area contributed by atoms with E-state index >= 15 is 0 Å². The van der Waals surface area contributed by atoms with Crippen LogP contribution < -0.4 is 4.90 Å². The summed E-state index contributed by atoms with van der Waals surface area (Å²) in [5.74, 6) is 9.42. The number of nitrogens with zero attached hydrogens (tertiary/aromatic N) is 1. The second-order valence-electron chi connectivity index (χ2n) is 3.97. The number of hydrogen-bond acceptors (Lipinski definition) is 2. The molecule has 0 N–H and O–H groups in total. The maximum absolute atomic E-state index is 3.19. The SMILES string of the molecule is Cc1ccsc1N1C#CC#CC1C(C)C. The van der Waals surface area contributed by atoms with E-state index in [4.69, 9.17) is 0 Å². The average Bonchev–Trinajstić information content (AvgIpc) is 2.64. The molecule has 1 atom stereocenters. The van der Waals surface area contributed by atoms with Gasteiger partial charge in [0.05, 0.1) is 0 Å². The van der Waals surface area contributed by atoms with Crippen molar-refractivity contribution >= 4 is 16.3 Å². The predicted octanol–water partition coefficient (Wildman–Crippen LogP) is 2.87. The van der Waals surface area contributed by atoms with E-state index < -0.39 is 0 Å². The lowest BCUT2D eigenvalue weighted by atomic mass is 10.0. The molecule has 0 spiro atoms. The highest BCUT2D eigenvalue weighted by Crippen LogP contribution is 2.30. The van der Waals surface area contributed by atoms with Crippen molar-refractivity contribution in [3.63, 3.8) is 0 Å². The molecule has 2 heteroatoms. The molecule has 0 aliphatic carbocycles. The maximum Gasteiger partial charge on any atom is 0.107 e. The first kappa shape index (κ1) is 10.1. The van der Waals surface area contributed by atoms with Gasteiger partial charge in [-0.25, -0.2) is 0 Å². The summed E-state index contributed by atoms with van der Waals surface area (Å²) in [6, 6.07) is 5.47. The summed E-state index contributed by atoms with van der Waals surface area (Å²) in [5, 5.41) is 3.33. The van der Waals surface area contributed by atoms with Crippen LogP contribution in [-0.2, 0) is 0 Å². The lowest BCUT2D eigenvalue weighted by Gasteiger charge is -2.27. The van der Waals surface area contributed by atoms with Crippen LogP contribution in [0.2, 0.25) is 0 Å². The Morgan fingerprint density at radius 2 is 2.20 bits per heavy atom. The van der Waals surface area contributed by atoms with Crippen LogP contribution >= 0.6 is 11.3 Å². The number of aryl methyl sites for hydroxylation is 1. The van der Waals surface area contributed by atoms with E-state index in [0.29, 0.717) is 5.92 Å². The van der Waals surface area contributed by atoms with Gasteiger partial charge in [0.25, 0.3) is 0 Å². The fraction of sp³-hybridized carbons (Fsp3) is 0.385. The molecule has 0 saturated heterocycles. The Bertz CT molecular complexity index is 476. The topological polar surface area (TPSA) is 3.24 Å². The fourth-order valence-electron chi connectivity index (χ4n) is 1.59. The summed E-state index contributed by atoms with van der Waals surface area (Å²) < 4.78 is 0. The third-order valence-electron chi connectivity index (χ3n) is 2.42. The highest BCUT2D eigenvalue weighted by molar-refractivity contribution is 7.14. The number of anilines is 1. The molecule has 0 radical (unpaired) electrons. The molecule has 1 aromatic rings. The van der Waals surface area contributed by atoms with Gasteiger partial charge in [0, 0.05) is 12.0 Å². The third-order valence-corrected chi connectivity index (χ3v) is 3.44. The predicted molar refractivity (Wildman–Crippen MR) is 65.7 cm³/mol. The summed E-state index contributed by atoms with van der Waals surface area (Å²) >= 11 is 1.73.